The van der Waals surface area contributed by atoms with Gasteiger partial charge >= 0.3 is 6.03 Å². The van der Waals surface area contributed by atoms with E-state index in [9.17, 15) is 4.79 Å². The molecule has 2 aromatic rings. The van der Waals surface area contributed by atoms with Crippen molar-refractivity contribution in [2.24, 2.45) is 0 Å². The Balaban J connectivity index is 1.32. The van der Waals surface area contributed by atoms with Crippen molar-refractivity contribution in [2.75, 3.05) is 54.4 Å². The number of nitrogens with zero attached hydrogens (tertiary/aromatic N) is 5. The van der Waals surface area contributed by atoms with E-state index in [0.29, 0.717) is 13.1 Å². The summed E-state index contributed by atoms with van der Waals surface area (Å²) in [5.41, 5.74) is 2.20. The molecular weight excluding hydrogens is 376 g/mol. The van der Waals surface area contributed by atoms with Gasteiger partial charge in [-0.25, -0.2) is 9.78 Å². The van der Waals surface area contributed by atoms with Crippen LogP contribution in [-0.2, 0) is 5.41 Å². The van der Waals surface area contributed by atoms with E-state index in [0.717, 1.165) is 43.6 Å². The number of carbonyl (C=O) groups excluding carboxylic acids is 1. The van der Waals surface area contributed by atoms with Gasteiger partial charge < -0.3 is 20.0 Å². The molecule has 7 nitrogen and oxygen atoms in total. The maximum absolute atomic E-state index is 12.7. The highest BCUT2D eigenvalue weighted by Gasteiger charge is 2.23. The van der Waals surface area contributed by atoms with Crippen molar-refractivity contribution < 1.29 is 4.79 Å². The number of benzene rings is 1. The molecule has 0 bridgehead atoms. The van der Waals surface area contributed by atoms with E-state index in [1.807, 2.05) is 29.3 Å². The molecule has 2 aliphatic rings. The highest BCUT2D eigenvalue weighted by atomic mass is 16.2. The van der Waals surface area contributed by atoms with E-state index in [4.69, 9.17) is 4.98 Å². The Morgan fingerprint density at radius 1 is 0.900 bits per heavy atom. The zero-order chi connectivity index (χ0) is 21.1. The average Bonchev–Trinajstić information content (AvgIpc) is 3.29. The number of nitrogens with one attached hydrogen (secondary N) is 1. The van der Waals surface area contributed by atoms with Gasteiger partial charge in [-0.1, -0.05) is 32.9 Å². The number of rotatable bonds is 3. The molecule has 160 valence electrons. The van der Waals surface area contributed by atoms with Gasteiger partial charge in [0.05, 0.1) is 0 Å². The van der Waals surface area contributed by atoms with Crippen LogP contribution in [0.25, 0.3) is 0 Å². The Bertz CT molecular complexity index is 862. The summed E-state index contributed by atoms with van der Waals surface area (Å²) in [6.45, 7) is 11.5. The molecule has 2 fully saturated rings. The first kappa shape index (κ1) is 20.4. The summed E-state index contributed by atoms with van der Waals surface area (Å²) in [5.74, 6) is 1.77. The Kier molecular flexibility index (Phi) is 5.79. The zero-order valence-corrected chi connectivity index (χ0v) is 18.3. The molecular formula is C23H32N6O. The molecule has 0 unspecified atom stereocenters. The first-order valence-corrected chi connectivity index (χ1v) is 10.9. The predicted octanol–water partition coefficient (Wildman–Crippen LogP) is 3.73. The number of carbonyl (C=O) groups is 1. The van der Waals surface area contributed by atoms with E-state index in [1.54, 1.807) is 0 Å². The number of urea groups is 1. The normalized spacial score (nSPS) is 17.4. The Hall–Kier alpha value is -2.83. The van der Waals surface area contributed by atoms with Crippen LogP contribution in [0.4, 0.5) is 22.2 Å². The Morgan fingerprint density at radius 3 is 2.20 bits per heavy atom. The molecule has 2 amide bonds. The second-order valence-electron chi connectivity index (χ2n) is 9.14. The van der Waals surface area contributed by atoms with Crippen LogP contribution >= 0.6 is 0 Å². The van der Waals surface area contributed by atoms with Crippen LogP contribution in [-0.4, -0.2) is 60.2 Å². The minimum Gasteiger partial charge on any atom is -0.353 e. The van der Waals surface area contributed by atoms with Crippen molar-refractivity contribution >= 4 is 23.5 Å². The number of piperazine rings is 1. The summed E-state index contributed by atoms with van der Waals surface area (Å²) in [4.78, 5) is 28.3. The molecule has 3 heterocycles. The van der Waals surface area contributed by atoms with Crippen molar-refractivity contribution in [1.29, 1.82) is 0 Å². The van der Waals surface area contributed by atoms with Crippen LogP contribution < -0.4 is 15.1 Å². The lowest BCUT2D eigenvalue weighted by Crippen LogP contribution is -2.50. The van der Waals surface area contributed by atoms with Crippen molar-refractivity contribution in [2.45, 2.75) is 39.0 Å². The maximum Gasteiger partial charge on any atom is 0.321 e. The molecule has 0 spiro atoms. The quantitative estimate of drug-likeness (QED) is 0.838. The van der Waals surface area contributed by atoms with Crippen LogP contribution in [0.1, 0.15) is 39.2 Å². The van der Waals surface area contributed by atoms with Crippen LogP contribution in [0.2, 0.25) is 0 Å². The molecule has 1 aromatic heterocycles. The van der Waals surface area contributed by atoms with E-state index < -0.39 is 0 Å². The van der Waals surface area contributed by atoms with Gasteiger partial charge in [-0.05, 0) is 42.0 Å². The lowest BCUT2D eigenvalue weighted by molar-refractivity contribution is 0.208. The number of hydrogen-bond acceptors (Lipinski definition) is 5. The van der Waals surface area contributed by atoms with E-state index in [-0.39, 0.29) is 11.4 Å². The van der Waals surface area contributed by atoms with Crippen molar-refractivity contribution in [1.82, 2.24) is 14.9 Å². The van der Waals surface area contributed by atoms with Gasteiger partial charge in [-0.2, -0.15) is 4.98 Å². The van der Waals surface area contributed by atoms with Crippen molar-refractivity contribution in [3.05, 3.63) is 42.1 Å². The highest BCUT2D eigenvalue weighted by molar-refractivity contribution is 5.89. The van der Waals surface area contributed by atoms with Crippen molar-refractivity contribution in [3.63, 3.8) is 0 Å². The van der Waals surface area contributed by atoms with Crippen LogP contribution in [0.5, 0.6) is 0 Å². The Labute approximate surface area is 179 Å². The van der Waals surface area contributed by atoms with E-state index in [2.05, 4.69) is 53.0 Å². The van der Waals surface area contributed by atoms with E-state index >= 15 is 0 Å². The molecule has 2 aliphatic heterocycles. The fourth-order valence-electron chi connectivity index (χ4n) is 3.98. The first-order valence-electron chi connectivity index (χ1n) is 10.9. The summed E-state index contributed by atoms with van der Waals surface area (Å²) in [7, 11) is 0. The van der Waals surface area contributed by atoms with Gasteiger partial charge in [0.25, 0.3) is 0 Å². The average molecular weight is 409 g/mol. The topological polar surface area (TPSA) is 64.6 Å². The second kappa shape index (κ2) is 8.50. The fourth-order valence-corrected chi connectivity index (χ4v) is 3.98. The third kappa shape index (κ3) is 4.66. The number of hydrogen-bond donors (Lipinski definition) is 1. The lowest BCUT2D eigenvalue weighted by atomic mass is 9.87. The third-order valence-electron chi connectivity index (χ3n) is 5.91. The highest BCUT2D eigenvalue weighted by Crippen LogP contribution is 2.24. The lowest BCUT2D eigenvalue weighted by Gasteiger charge is -2.35. The number of anilines is 3. The molecule has 0 radical (unpaired) electrons. The molecule has 0 aliphatic carbocycles. The number of amides is 2. The summed E-state index contributed by atoms with van der Waals surface area (Å²) in [5, 5.41) is 3.03. The van der Waals surface area contributed by atoms with Crippen LogP contribution in [0.3, 0.4) is 0 Å². The minimum absolute atomic E-state index is 0.0430. The minimum atomic E-state index is -0.0430. The largest absolute Gasteiger partial charge is 0.353 e. The molecule has 0 atom stereocenters. The first-order chi connectivity index (χ1) is 14.4. The summed E-state index contributed by atoms with van der Waals surface area (Å²) < 4.78 is 0. The van der Waals surface area contributed by atoms with Gasteiger partial charge in [-0.3, -0.25) is 0 Å². The van der Waals surface area contributed by atoms with Crippen LogP contribution in [0.15, 0.2) is 36.5 Å². The van der Waals surface area contributed by atoms with E-state index in [1.165, 1.54) is 18.4 Å². The molecule has 4 rings (SSSR count). The monoisotopic (exact) mass is 408 g/mol. The van der Waals surface area contributed by atoms with Crippen molar-refractivity contribution in [3.8, 4) is 0 Å². The van der Waals surface area contributed by atoms with Gasteiger partial charge in [0, 0.05) is 51.2 Å². The van der Waals surface area contributed by atoms with Gasteiger partial charge in [0.15, 0.2) is 0 Å². The summed E-state index contributed by atoms with van der Waals surface area (Å²) >= 11 is 0. The molecule has 7 heteroatoms. The molecule has 1 aromatic carbocycles. The smallest absolute Gasteiger partial charge is 0.321 e. The molecule has 0 saturated carbocycles. The SMILES string of the molecule is CC(C)(C)c1ccc(NC(=O)N2CCN(c3ccnc(N4CCCC4)n3)CC2)cc1. The molecule has 30 heavy (non-hydrogen) atoms. The fraction of sp³-hybridized carbons (Fsp3) is 0.522. The third-order valence-corrected chi connectivity index (χ3v) is 5.91. The predicted molar refractivity (Wildman–Crippen MR) is 121 cm³/mol. The standard InChI is InChI=1S/C23H32N6O/c1-23(2,3)18-6-8-19(9-7-18)25-22(30)29-16-14-27(15-17-29)20-10-11-24-21(26-20)28-12-4-5-13-28/h6-11H,4-5,12-17H2,1-3H3,(H,25,30). The van der Waals surface area contributed by atoms with Gasteiger partial charge in [-0.15, -0.1) is 0 Å². The maximum atomic E-state index is 12.7. The zero-order valence-electron chi connectivity index (χ0n) is 18.3. The molecule has 1 N–H and O–H groups in total. The number of aromatic nitrogens is 2. The second-order valence-corrected chi connectivity index (χ2v) is 9.14. The molecule has 2 saturated heterocycles. The van der Waals surface area contributed by atoms with Gasteiger partial charge in [0.1, 0.15) is 5.82 Å². The van der Waals surface area contributed by atoms with Crippen LogP contribution in [0, 0.1) is 0 Å². The summed E-state index contributed by atoms with van der Waals surface area (Å²) in [6.07, 6.45) is 4.26. The van der Waals surface area contributed by atoms with Gasteiger partial charge in [0.2, 0.25) is 5.95 Å². The Morgan fingerprint density at radius 2 is 1.57 bits per heavy atom. The summed E-state index contributed by atoms with van der Waals surface area (Å²) in [6, 6.07) is 10.1.